The lowest BCUT2D eigenvalue weighted by Crippen LogP contribution is -2.59. The predicted molar refractivity (Wildman–Crippen MR) is 89.5 cm³/mol. The van der Waals surface area contributed by atoms with Gasteiger partial charge >= 0.3 is 18.0 Å². The molecule has 3 N–H and O–H groups in total. The van der Waals surface area contributed by atoms with Gasteiger partial charge in [-0.05, 0) is 31.5 Å². The lowest BCUT2D eigenvalue weighted by molar-refractivity contribution is -0.263. The largest absolute Gasteiger partial charge is 0.436 e. The fourth-order valence-corrected chi connectivity index (χ4v) is 2.65. The number of carbonyl (C=O) groups is 3. The first kappa shape index (κ1) is 21.9. The van der Waals surface area contributed by atoms with Crippen molar-refractivity contribution in [2.75, 3.05) is 18.4 Å². The van der Waals surface area contributed by atoms with Crippen LogP contribution in [0, 0.1) is 11.7 Å². The summed E-state index contributed by atoms with van der Waals surface area (Å²) in [5.41, 5.74) is -3.35. The second-order valence-corrected chi connectivity index (χ2v) is 6.79. The Balaban J connectivity index is 1.95. The Hall–Kier alpha value is -2.40. The number of rotatable bonds is 3. The molecule has 0 spiro atoms. The van der Waals surface area contributed by atoms with Crippen molar-refractivity contribution >= 4 is 35.0 Å². The molecule has 12 heteroatoms. The maximum atomic E-state index is 13.1. The van der Waals surface area contributed by atoms with Crippen molar-refractivity contribution in [2.45, 2.75) is 25.2 Å². The van der Waals surface area contributed by atoms with Gasteiger partial charge in [0.1, 0.15) is 5.82 Å². The van der Waals surface area contributed by atoms with Gasteiger partial charge in [-0.3, -0.25) is 14.4 Å². The molecule has 0 radical (unpaired) electrons. The van der Waals surface area contributed by atoms with Crippen molar-refractivity contribution < 1.29 is 37.1 Å². The number of amides is 3. The molecule has 0 saturated carbocycles. The van der Waals surface area contributed by atoms with Gasteiger partial charge in [-0.1, -0.05) is 11.6 Å². The van der Waals surface area contributed by atoms with E-state index in [-0.39, 0.29) is 30.2 Å². The molecule has 2 atom stereocenters. The van der Waals surface area contributed by atoms with Crippen LogP contribution < -0.4 is 10.6 Å². The van der Waals surface area contributed by atoms with Crippen LogP contribution in [0.3, 0.4) is 0 Å². The summed E-state index contributed by atoms with van der Waals surface area (Å²) in [7, 11) is 0. The molecule has 0 bridgehead atoms. The smallest absolute Gasteiger partial charge is 0.364 e. The minimum Gasteiger partial charge on any atom is -0.364 e. The maximum absolute atomic E-state index is 13.1. The summed E-state index contributed by atoms with van der Waals surface area (Å²) in [6.07, 6.45) is -5.01. The van der Waals surface area contributed by atoms with Crippen molar-refractivity contribution in [3.8, 4) is 0 Å². The maximum Gasteiger partial charge on any atom is 0.436 e. The third kappa shape index (κ3) is 4.90. The summed E-state index contributed by atoms with van der Waals surface area (Å²) < 4.78 is 50.9. The molecule has 28 heavy (non-hydrogen) atoms. The summed E-state index contributed by atoms with van der Waals surface area (Å²) in [6.45, 7) is 0.0517. The molecule has 1 saturated heterocycles. The zero-order valence-corrected chi connectivity index (χ0v) is 15.2. The van der Waals surface area contributed by atoms with Crippen LogP contribution in [0.15, 0.2) is 18.2 Å². The van der Waals surface area contributed by atoms with Crippen molar-refractivity contribution in [1.82, 2.24) is 10.2 Å². The van der Waals surface area contributed by atoms with E-state index in [9.17, 15) is 37.1 Å². The minimum absolute atomic E-state index is 0.0390. The Morgan fingerprint density at radius 1 is 1.29 bits per heavy atom. The van der Waals surface area contributed by atoms with E-state index in [1.807, 2.05) is 0 Å². The summed E-state index contributed by atoms with van der Waals surface area (Å²) >= 11 is 5.62. The first-order chi connectivity index (χ1) is 12.8. The molecule has 1 fully saturated rings. The number of nitrogens with one attached hydrogen (secondary N) is 2. The van der Waals surface area contributed by atoms with E-state index < -0.39 is 41.4 Å². The van der Waals surface area contributed by atoms with Gasteiger partial charge in [0, 0.05) is 18.8 Å². The predicted octanol–water partition coefficient (Wildman–Crippen LogP) is 1.65. The molecular weight excluding hydrogens is 410 g/mol. The van der Waals surface area contributed by atoms with Gasteiger partial charge in [0.25, 0.3) is 0 Å². The molecule has 0 aromatic heterocycles. The number of halogens is 5. The number of nitrogens with zero attached hydrogens (tertiary/aromatic N) is 1. The van der Waals surface area contributed by atoms with E-state index in [0.717, 1.165) is 11.0 Å². The molecule has 1 aliphatic rings. The van der Waals surface area contributed by atoms with Gasteiger partial charge in [0.05, 0.1) is 10.9 Å². The summed E-state index contributed by atoms with van der Waals surface area (Å²) in [5.74, 6) is -4.87. The average Bonchev–Trinajstić information content (AvgIpc) is 3.06. The molecule has 3 amide bonds. The molecule has 1 aromatic rings. The lowest BCUT2D eigenvalue weighted by atomic mass is 10.1. The molecule has 0 aliphatic carbocycles. The highest BCUT2D eigenvalue weighted by Crippen LogP contribution is 2.28. The third-order valence-corrected chi connectivity index (χ3v) is 4.43. The van der Waals surface area contributed by atoms with Crippen molar-refractivity contribution in [1.29, 1.82) is 0 Å². The first-order valence-electron chi connectivity index (χ1n) is 7.98. The van der Waals surface area contributed by atoms with Crippen molar-refractivity contribution in [2.24, 2.45) is 5.92 Å². The summed E-state index contributed by atoms with van der Waals surface area (Å²) in [6, 6.07) is 3.53. The van der Waals surface area contributed by atoms with Crippen LogP contribution in [0.5, 0.6) is 0 Å². The standard InChI is InChI=1S/C16H16ClF4N3O4/c1-15(28,16(19,20)21)23-13(26)14(27)24-5-4-8(7-24)12(25)22-9-2-3-11(18)10(17)6-9/h2-3,6,8,28H,4-5,7H2,1H3,(H,22,25)(H,23,26)/t8-,15-/m0/s1. The quantitative estimate of drug-likeness (QED) is 0.389. The van der Waals surface area contributed by atoms with E-state index in [1.165, 1.54) is 17.4 Å². The zero-order valence-electron chi connectivity index (χ0n) is 14.4. The molecule has 1 aliphatic heterocycles. The van der Waals surface area contributed by atoms with Crippen LogP contribution in [0.4, 0.5) is 23.2 Å². The second-order valence-electron chi connectivity index (χ2n) is 6.38. The molecule has 7 nitrogen and oxygen atoms in total. The Morgan fingerprint density at radius 2 is 1.93 bits per heavy atom. The SMILES string of the molecule is C[C@@](O)(NC(=O)C(=O)N1CC[C@H](C(=O)Nc2ccc(F)c(Cl)c2)C1)C(F)(F)F. The first-order valence-corrected chi connectivity index (χ1v) is 8.36. The van der Waals surface area contributed by atoms with Crippen LogP contribution in [-0.2, 0) is 14.4 Å². The normalized spacial score (nSPS) is 19.1. The van der Waals surface area contributed by atoms with Crippen LogP contribution in [-0.4, -0.2) is 52.7 Å². The lowest BCUT2D eigenvalue weighted by Gasteiger charge is -2.27. The van der Waals surface area contributed by atoms with E-state index in [4.69, 9.17) is 11.6 Å². The molecule has 2 rings (SSSR count). The Labute approximate surface area is 161 Å². The topological polar surface area (TPSA) is 98.7 Å². The van der Waals surface area contributed by atoms with Crippen LogP contribution in [0.2, 0.25) is 5.02 Å². The van der Waals surface area contributed by atoms with Gasteiger partial charge in [-0.25, -0.2) is 4.39 Å². The molecule has 1 heterocycles. The number of aliphatic hydroxyl groups is 1. The minimum atomic E-state index is -5.17. The zero-order chi connectivity index (χ0) is 21.3. The van der Waals surface area contributed by atoms with E-state index in [1.54, 1.807) is 0 Å². The average molecular weight is 426 g/mol. The fourth-order valence-electron chi connectivity index (χ4n) is 2.47. The number of hydrogen-bond acceptors (Lipinski definition) is 4. The number of carbonyl (C=O) groups excluding carboxylic acids is 3. The van der Waals surface area contributed by atoms with E-state index in [2.05, 4.69) is 5.32 Å². The van der Waals surface area contributed by atoms with Gasteiger partial charge < -0.3 is 20.6 Å². The van der Waals surface area contributed by atoms with Crippen LogP contribution in [0.1, 0.15) is 13.3 Å². The number of alkyl halides is 3. The van der Waals surface area contributed by atoms with Crippen LogP contribution >= 0.6 is 11.6 Å². The Kier molecular flexibility index (Phi) is 6.19. The monoisotopic (exact) mass is 425 g/mol. The molecular formula is C16H16ClF4N3O4. The highest BCUT2D eigenvalue weighted by atomic mass is 35.5. The second kappa shape index (κ2) is 7.92. The van der Waals surface area contributed by atoms with E-state index >= 15 is 0 Å². The van der Waals surface area contributed by atoms with Gasteiger partial charge in [-0.15, -0.1) is 0 Å². The van der Waals surface area contributed by atoms with Gasteiger partial charge in [0.2, 0.25) is 11.6 Å². The number of hydrogen-bond donors (Lipinski definition) is 3. The Bertz CT molecular complexity index is 801. The van der Waals surface area contributed by atoms with Crippen molar-refractivity contribution in [3.63, 3.8) is 0 Å². The fraction of sp³-hybridized carbons (Fsp3) is 0.438. The number of benzene rings is 1. The molecule has 0 unspecified atom stereocenters. The van der Waals surface area contributed by atoms with Gasteiger partial charge in [0.15, 0.2) is 0 Å². The van der Waals surface area contributed by atoms with Crippen LogP contribution in [0.25, 0.3) is 0 Å². The summed E-state index contributed by atoms with van der Waals surface area (Å²) in [4.78, 5) is 36.9. The third-order valence-electron chi connectivity index (χ3n) is 4.14. The van der Waals surface area contributed by atoms with E-state index in [0.29, 0.717) is 6.92 Å². The molecule has 154 valence electrons. The van der Waals surface area contributed by atoms with Gasteiger partial charge in [-0.2, -0.15) is 13.2 Å². The Morgan fingerprint density at radius 3 is 2.50 bits per heavy atom. The number of likely N-dealkylation sites (tertiary alicyclic amines) is 1. The molecule has 1 aromatic carbocycles. The highest BCUT2D eigenvalue weighted by molar-refractivity contribution is 6.35. The number of anilines is 1. The van der Waals surface area contributed by atoms with Crippen molar-refractivity contribution in [3.05, 3.63) is 29.0 Å². The summed E-state index contributed by atoms with van der Waals surface area (Å²) in [5, 5.41) is 12.7. The highest BCUT2D eigenvalue weighted by Gasteiger charge is 2.52.